The van der Waals surface area contributed by atoms with Crippen LogP contribution in [0.2, 0.25) is 0 Å². The van der Waals surface area contributed by atoms with E-state index >= 15 is 0 Å². The topological polar surface area (TPSA) is 36.9 Å². The van der Waals surface area contributed by atoms with Gasteiger partial charge >= 0.3 is 0 Å². The van der Waals surface area contributed by atoms with Crippen molar-refractivity contribution in [2.75, 3.05) is 27.5 Å². The van der Waals surface area contributed by atoms with Crippen LogP contribution in [-0.4, -0.2) is 33.6 Å². The maximum absolute atomic E-state index is 5.42. The summed E-state index contributed by atoms with van der Waals surface area (Å²) in [5, 5.41) is 0. The van der Waals surface area contributed by atoms with Crippen LogP contribution in [0.5, 0.6) is 0 Å². The third-order valence-corrected chi connectivity index (χ3v) is 1.61. The first kappa shape index (κ1) is 14.3. The summed E-state index contributed by atoms with van der Waals surface area (Å²) in [5.74, 6) is 0. The first-order valence-corrected chi connectivity index (χ1v) is 4.83. The van der Waals surface area contributed by atoms with Crippen molar-refractivity contribution < 1.29 is 18.9 Å². The van der Waals surface area contributed by atoms with Gasteiger partial charge in [-0.25, -0.2) is 0 Å². The van der Waals surface area contributed by atoms with Crippen LogP contribution in [0.4, 0.5) is 0 Å². The molecule has 0 unspecified atom stereocenters. The molecule has 4 nitrogen and oxygen atoms in total. The summed E-state index contributed by atoms with van der Waals surface area (Å²) < 4.78 is 20.1. The molecule has 0 rings (SSSR count). The fourth-order valence-electron chi connectivity index (χ4n) is 0.959. The third-order valence-electron chi connectivity index (χ3n) is 1.61. The molecule has 0 bridgehead atoms. The van der Waals surface area contributed by atoms with E-state index in [1.54, 1.807) is 7.11 Å². The molecule has 0 radical (unpaired) electrons. The van der Waals surface area contributed by atoms with E-state index in [1.807, 2.05) is 12.2 Å². The highest BCUT2D eigenvalue weighted by atomic mass is 16.8. The standard InChI is InChI=1S/C11H20O4/c1-4-6-11(7-5-2)15-10-14-9-13-8-12-3/h4-5,11H,1-2,6-10H2,3H3. The van der Waals surface area contributed by atoms with Crippen molar-refractivity contribution >= 4 is 0 Å². The maximum atomic E-state index is 5.42. The van der Waals surface area contributed by atoms with Crippen LogP contribution < -0.4 is 0 Å². The van der Waals surface area contributed by atoms with E-state index < -0.39 is 0 Å². The zero-order valence-corrected chi connectivity index (χ0v) is 9.31. The number of hydrogen-bond acceptors (Lipinski definition) is 4. The third kappa shape index (κ3) is 9.62. The Morgan fingerprint density at radius 3 is 2.13 bits per heavy atom. The van der Waals surface area contributed by atoms with Gasteiger partial charge in [0.25, 0.3) is 0 Å². The van der Waals surface area contributed by atoms with E-state index in [0.717, 1.165) is 12.8 Å². The molecule has 0 aliphatic heterocycles. The average molecular weight is 216 g/mol. The Morgan fingerprint density at radius 2 is 1.60 bits per heavy atom. The van der Waals surface area contributed by atoms with Crippen molar-refractivity contribution in [1.29, 1.82) is 0 Å². The second kappa shape index (κ2) is 11.4. The Balaban J connectivity index is 3.35. The van der Waals surface area contributed by atoms with Crippen molar-refractivity contribution in [2.45, 2.75) is 18.9 Å². The molecule has 0 aliphatic rings. The first-order chi connectivity index (χ1) is 7.35. The summed E-state index contributed by atoms with van der Waals surface area (Å²) in [4.78, 5) is 0. The summed E-state index contributed by atoms with van der Waals surface area (Å²) >= 11 is 0. The molecule has 0 saturated carbocycles. The van der Waals surface area contributed by atoms with E-state index in [0.29, 0.717) is 0 Å². The molecule has 4 heteroatoms. The lowest BCUT2D eigenvalue weighted by molar-refractivity contribution is -0.174. The molecule has 0 aromatic rings. The van der Waals surface area contributed by atoms with Crippen molar-refractivity contribution in [3.63, 3.8) is 0 Å². The van der Waals surface area contributed by atoms with Crippen molar-refractivity contribution in [3.05, 3.63) is 25.3 Å². The van der Waals surface area contributed by atoms with Gasteiger partial charge in [-0.1, -0.05) is 12.2 Å². The normalized spacial score (nSPS) is 10.5. The fraction of sp³-hybridized carbons (Fsp3) is 0.636. The van der Waals surface area contributed by atoms with E-state index in [9.17, 15) is 0 Å². The highest BCUT2D eigenvalue weighted by molar-refractivity contribution is 4.79. The van der Waals surface area contributed by atoms with Gasteiger partial charge in [0.05, 0.1) is 6.10 Å². The van der Waals surface area contributed by atoms with Crippen molar-refractivity contribution in [1.82, 2.24) is 0 Å². The number of methoxy groups -OCH3 is 1. The molecule has 0 heterocycles. The molecule has 0 N–H and O–H groups in total. The molecule has 0 aromatic heterocycles. The van der Waals surface area contributed by atoms with Crippen molar-refractivity contribution in [3.8, 4) is 0 Å². The zero-order chi connectivity index (χ0) is 11.4. The van der Waals surface area contributed by atoms with Gasteiger partial charge in [0.1, 0.15) is 13.6 Å². The van der Waals surface area contributed by atoms with Gasteiger partial charge in [-0.05, 0) is 12.8 Å². The van der Waals surface area contributed by atoms with E-state index in [-0.39, 0.29) is 26.5 Å². The van der Waals surface area contributed by atoms with Gasteiger partial charge in [-0.2, -0.15) is 0 Å². The number of hydrogen-bond donors (Lipinski definition) is 0. The smallest absolute Gasteiger partial charge is 0.152 e. The van der Waals surface area contributed by atoms with Gasteiger partial charge in [0.2, 0.25) is 0 Å². The van der Waals surface area contributed by atoms with E-state index in [4.69, 9.17) is 14.2 Å². The van der Waals surface area contributed by atoms with Crippen LogP contribution in [-0.2, 0) is 18.9 Å². The molecule has 0 saturated heterocycles. The summed E-state index contributed by atoms with van der Waals surface area (Å²) in [6, 6.07) is 0. The zero-order valence-electron chi connectivity index (χ0n) is 9.31. The van der Waals surface area contributed by atoms with Crippen LogP contribution in [0.15, 0.2) is 25.3 Å². The Bertz CT molecular complexity index is 149. The maximum Gasteiger partial charge on any atom is 0.152 e. The Kier molecular flexibility index (Phi) is 10.9. The molecule has 0 aliphatic carbocycles. The molecule has 0 fully saturated rings. The molecule has 0 spiro atoms. The van der Waals surface area contributed by atoms with Gasteiger partial charge < -0.3 is 18.9 Å². The minimum Gasteiger partial charge on any atom is -0.359 e. The lowest BCUT2D eigenvalue weighted by Crippen LogP contribution is -2.15. The number of ether oxygens (including phenoxy) is 4. The second-order valence-corrected chi connectivity index (χ2v) is 2.89. The molecule has 0 aromatic carbocycles. The molecule has 15 heavy (non-hydrogen) atoms. The Labute approximate surface area is 91.5 Å². The van der Waals surface area contributed by atoms with Gasteiger partial charge in [-0.3, -0.25) is 0 Å². The Morgan fingerprint density at radius 1 is 1.00 bits per heavy atom. The molecular weight excluding hydrogens is 196 g/mol. The second-order valence-electron chi connectivity index (χ2n) is 2.89. The molecule has 0 atom stereocenters. The van der Waals surface area contributed by atoms with Gasteiger partial charge in [0, 0.05) is 7.11 Å². The minimum atomic E-state index is 0.0856. The number of rotatable bonds is 11. The van der Waals surface area contributed by atoms with E-state index in [1.165, 1.54) is 0 Å². The molecular formula is C11H20O4. The molecule has 0 amide bonds. The average Bonchev–Trinajstić information content (AvgIpc) is 2.24. The summed E-state index contributed by atoms with van der Waals surface area (Å²) in [5.41, 5.74) is 0. The van der Waals surface area contributed by atoms with Crippen LogP contribution in [0.1, 0.15) is 12.8 Å². The fourth-order valence-corrected chi connectivity index (χ4v) is 0.959. The predicted octanol–water partition coefficient (Wildman–Crippen LogP) is 2.08. The van der Waals surface area contributed by atoms with Crippen LogP contribution in [0, 0.1) is 0 Å². The summed E-state index contributed by atoms with van der Waals surface area (Å²) in [7, 11) is 1.56. The first-order valence-electron chi connectivity index (χ1n) is 4.83. The predicted molar refractivity (Wildman–Crippen MR) is 58.3 cm³/mol. The lowest BCUT2D eigenvalue weighted by atomic mass is 10.2. The highest BCUT2D eigenvalue weighted by Gasteiger charge is 2.04. The van der Waals surface area contributed by atoms with Crippen LogP contribution >= 0.6 is 0 Å². The van der Waals surface area contributed by atoms with E-state index in [2.05, 4.69) is 17.9 Å². The quantitative estimate of drug-likeness (QED) is 0.301. The monoisotopic (exact) mass is 216 g/mol. The van der Waals surface area contributed by atoms with Crippen LogP contribution in [0.3, 0.4) is 0 Å². The molecule has 88 valence electrons. The SMILES string of the molecule is C=CCC(CC=C)OCOCOCOC. The van der Waals surface area contributed by atoms with Crippen molar-refractivity contribution in [2.24, 2.45) is 0 Å². The lowest BCUT2D eigenvalue weighted by Gasteiger charge is -2.14. The summed E-state index contributed by atoms with van der Waals surface area (Å²) in [6.45, 7) is 7.91. The largest absolute Gasteiger partial charge is 0.359 e. The Hall–Kier alpha value is -0.680. The summed E-state index contributed by atoms with van der Waals surface area (Å²) in [6.07, 6.45) is 5.29. The van der Waals surface area contributed by atoms with Gasteiger partial charge in [-0.15, -0.1) is 13.2 Å². The van der Waals surface area contributed by atoms with Gasteiger partial charge in [0.15, 0.2) is 6.79 Å². The highest BCUT2D eigenvalue weighted by Crippen LogP contribution is 2.05. The van der Waals surface area contributed by atoms with Crippen LogP contribution in [0.25, 0.3) is 0 Å². The minimum absolute atomic E-state index is 0.0856.